The number of carbonyl (C=O) groups excluding carboxylic acids is 1. The summed E-state index contributed by atoms with van der Waals surface area (Å²) in [6.07, 6.45) is 0.704. The number of benzene rings is 1. The van der Waals surface area contributed by atoms with Crippen LogP contribution in [0.5, 0.6) is 5.75 Å². The van der Waals surface area contributed by atoms with E-state index in [-0.39, 0.29) is 29.9 Å². The Balaban J connectivity index is 2.10. The molecule has 7 heteroatoms. The largest absolute Gasteiger partial charge is 0.495 e. The molecule has 2 rings (SSSR count). The number of aryl methyl sites for hydroxylation is 1. The summed E-state index contributed by atoms with van der Waals surface area (Å²) in [6.45, 7) is 1.89. The number of rotatable bonds is 4. The van der Waals surface area contributed by atoms with Crippen molar-refractivity contribution >= 4 is 27.3 Å². The first-order valence-corrected chi connectivity index (χ1v) is 9.22. The van der Waals surface area contributed by atoms with Crippen molar-refractivity contribution in [2.24, 2.45) is 0 Å². The molecule has 1 heterocycles. The zero-order valence-corrected chi connectivity index (χ0v) is 14.5. The highest BCUT2D eigenvalue weighted by molar-refractivity contribution is 7.91. The first kappa shape index (κ1) is 17.1. The molecule has 0 saturated carbocycles. The Labute approximate surface area is 136 Å². The Morgan fingerprint density at radius 3 is 2.68 bits per heavy atom. The van der Waals surface area contributed by atoms with E-state index in [0.29, 0.717) is 17.2 Å². The van der Waals surface area contributed by atoms with Gasteiger partial charge in [-0.25, -0.2) is 8.42 Å². The summed E-state index contributed by atoms with van der Waals surface area (Å²) in [5, 5.41) is 0.460. The molecule has 1 aliphatic heterocycles. The number of amides is 1. The molecule has 1 fully saturated rings. The Morgan fingerprint density at radius 2 is 2.14 bits per heavy atom. The van der Waals surface area contributed by atoms with Gasteiger partial charge in [0.25, 0.3) is 0 Å². The van der Waals surface area contributed by atoms with Crippen LogP contribution in [0, 0.1) is 6.92 Å². The highest BCUT2D eigenvalue weighted by Crippen LogP contribution is 2.28. The van der Waals surface area contributed by atoms with E-state index >= 15 is 0 Å². The van der Waals surface area contributed by atoms with Gasteiger partial charge in [-0.3, -0.25) is 4.79 Å². The average molecular weight is 346 g/mol. The van der Waals surface area contributed by atoms with Crippen LogP contribution in [0.15, 0.2) is 12.1 Å². The van der Waals surface area contributed by atoms with Gasteiger partial charge in [-0.15, -0.1) is 0 Å². The number of hydrogen-bond donors (Lipinski definition) is 0. The fourth-order valence-corrected chi connectivity index (χ4v) is 4.65. The predicted molar refractivity (Wildman–Crippen MR) is 86.3 cm³/mol. The number of likely N-dealkylation sites (N-methyl/N-ethyl adjacent to an activating group) is 1. The molecule has 0 N–H and O–H groups in total. The van der Waals surface area contributed by atoms with E-state index in [2.05, 4.69) is 0 Å². The predicted octanol–water partition coefficient (Wildman–Crippen LogP) is 1.85. The quantitative estimate of drug-likeness (QED) is 0.835. The molecule has 1 amide bonds. The summed E-state index contributed by atoms with van der Waals surface area (Å²) in [6, 6.07) is 3.30. The lowest BCUT2D eigenvalue weighted by Crippen LogP contribution is -2.38. The molecule has 1 aliphatic rings. The van der Waals surface area contributed by atoms with Crippen molar-refractivity contribution < 1.29 is 17.9 Å². The number of methoxy groups -OCH3 is 1. The lowest BCUT2D eigenvalue weighted by Gasteiger charge is -2.24. The van der Waals surface area contributed by atoms with Crippen LogP contribution in [0.4, 0.5) is 0 Å². The second kappa shape index (κ2) is 6.46. The number of hydrogen-bond acceptors (Lipinski definition) is 4. The van der Waals surface area contributed by atoms with Crippen molar-refractivity contribution in [3.05, 3.63) is 28.3 Å². The average Bonchev–Trinajstić information content (AvgIpc) is 2.81. The number of carbonyl (C=O) groups is 1. The van der Waals surface area contributed by atoms with Gasteiger partial charge in [0, 0.05) is 13.1 Å². The third kappa shape index (κ3) is 3.73. The van der Waals surface area contributed by atoms with E-state index in [1.165, 1.54) is 0 Å². The van der Waals surface area contributed by atoms with Crippen LogP contribution >= 0.6 is 11.6 Å². The summed E-state index contributed by atoms with van der Waals surface area (Å²) < 4.78 is 28.2. The maximum Gasteiger partial charge on any atom is 0.227 e. The maximum absolute atomic E-state index is 12.4. The normalized spacial score (nSPS) is 19.9. The molecule has 1 saturated heterocycles. The van der Waals surface area contributed by atoms with E-state index < -0.39 is 9.84 Å². The van der Waals surface area contributed by atoms with E-state index in [0.717, 1.165) is 11.1 Å². The number of halogens is 1. The van der Waals surface area contributed by atoms with Crippen LogP contribution in [-0.4, -0.2) is 50.9 Å². The second-order valence-electron chi connectivity index (χ2n) is 5.65. The molecule has 0 radical (unpaired) electrons. The standard InChI is InChI=1S/C15H20ClNO4S/c1-10-6-14(21-3)13(16)7-11(10)8-15(18)17(2)12-4-5-22(19,20)9-12/h6-7,12H,4-5,8-9H2,1-3H3. The first-order chi connectivity index (χ1) is 10.2. The minimum absolute atomic E-state index is 0.0532. The Morgan fingerprint density at radius 1 is 1.45 bits per heavy atom. The fraction of sp³-hybridized carbons (Fsp3) is 0.533. The minimum atomic E-state index is -3.00. The van der Waals surface area contributed by atoms with Crippen molar-refractivity contribution in [1.29, 1.82) is 0 Å². The molecule has 1 atom stereocenters. The van der Waals surface area contributed by atoms with Crippen molar-refractivity contribution in [2.45, 2.75) is 25.8 Å². The summed E-state index contributed by atoms with van der Waals surface area (Å²) in [7, 11) is 0.200. The molecule has 0 spiro atoms. The van der Waals surface area contributed by atoms with Crippen molar-refractivity contribution in [2.75, 3.05) is 25.7 Å². The molecule has 122 valence electrons. The highest BCUT2D eigenvalue weighted by atomic mass is 35.5. The van der Waals surface area contributed by atoms with E-state index in [1.54, 1.807) is 31.2 Å². The molecule has 0 aromatic heterocycles. The van der Waals surface area contributed by atoms with Crippen molar-refractivity contribution in [1.82, 2.24) is 4.90 Å². The third-order valence-electron chi connectivity index (χ3n) is 4.10. The van der Waals surface area contributed by atoms with E-state index in [1.807, 2.05) is 6.92 Å². The van der Waals surface area contributed by atoms with Crippen molar-refractivity contribution in [3.63, 3.8) is 0 Å². The lowest BCUT2D eigenvalue weighted by atomic mass is 10.0. The molecular weight excluding hydrogens is 326 g/mol. The monoisotopic (exact) mass is 345 g/mol. The third-order valence-corrected chi connectivity index (χ3v) is 6.15. The van der Waals surface area contributed by atoms with Crippen LogP contribution in [0.3, 0.4) is 0 Å². The van der Waals surface area contributed by atoms with E-state index in [4.69, 9.17) is 16.3 Å². The van der Waals surface area contributed by atoms with Crippen molar-refractivity contribution in [3.8, 4) is 5.75 Å². The molecular formula is C15H20ClNO4S. The fourth-order valence-electron chi connectivity index (χ4n) is 2.62. The van der Waals surface area contributed by atoms with Gasteiger partial charge in [0.15, 0.2) is 9.84 Å². The highest BCUT2D eigenvalue weighted by Gasteiger charge is 2.32. The Kier molecular flexibility index (Phi) is 5.02. The van der Waals surface area contributed by atoms with Gasteiger partial charge in [-0.1, -0.05) is 11.6 Å². The number of ether oxygens (including phenoxy) is 1. The van der Waals surface area contributed by atoms with Crippen LogP contribution in [0.1, 0.15) is 17.5 Å². The summed E-state index contributed by atoms with van der Waals surface area (Å²) in [5.41, 5.74) is 1.74. The van der Waals surface area contributed by atoms with Crippen LogP contribution < -0.4 is 4.74 Å². The molecule has 1 aromatic carbocycles. The molecule has 1 unspecified atom stereocenters. The number of nitrogens with zero attached hydrogens (tertiary/aromatic N) is 1. The minimum Gasteiger partial charge on any atom is -0.495 e. The van der Waals surface area contributed by atoms with Gasteiger partial charge in [0.1, 0.15) is 5.75 Å². The van der Waals surface area contributed by atoms with Gasteiger partial charge in [0.05, 0.1) is 30.1 Å². The number of sulfone groups is 1. The van der Waals surface area contributed by atoms with Gasteiger partial charge in [0.2, 0.25) is 5.91 Å². The van der Waals surface area contributed by atoms with Crippen LogP contribution in [-0.2, 0) is 21.1 Å². The zero-order valence-electron chi connectivity index (χ0n) is 12.9. The maximum atomic E-state index is 12.4. The topological polar surface area (TPSA) is 63.7 Å². The Hall–Kier alpha value is -1.27. The van der Waals surface area contributed by atoms with Crippen LogP contribution in [0.25, 0.3) is 0 Å². The smallest absolute Gasteiger partial charge is 0.227 e. The van der Waals surface area contributed by atoms with Gasteiger partial charge in [-0.05, 0) is 36.6 Å². The SMILES string of the molecule is COc1cc(C)c(CC(=O)N(C)C2CCS(=O)(=O)C2)cc1Cl. The molecule has 0 bridgehead atoms. The second-order valence-corrected chi connectivity index (χ2v) is 8.29. The van der Waals surface area contributed by atoms with Gasteiger partial charge >= 0.3 is 0 Å². The van der Waals surface area contributed by atoms with E-state index in [9.17, 15) is 13.2 Å². The summed E-state index contributed by atoms with van der Waals surface area (Å²) >= 11 is 6.10. The molecule has 0 aliphatic carbocycles. The van der Waals surface area contributed by atoms with Crippen LogP contribution in [0.2, 0.25) is 5.02 Å². The molecule has 22 heavy (non-hydrogen) atoms. The lowest BCUT2D eigenvalue weighted by molar-refractivity contribution is -0.130. The first-order valence-electron chi connectivity index (χ1n) is 7.02. The Bertz CT molecular complexity index is 687. The molecule has 1 aromatic rings. The summed E-state index contributed by atoms with van der Waals surface area (Å²) in [5.74, 6) is 0.678. The zero-order chi connectivity index (χ0) is 16.5. The van der Waals surface area contributed by atoms with Gasteiger partial charge in [-0.2, -0.15) is 0 Å². The van der Waals surface area contributed by atoms with Gasteiger partial charge < -0.3 is 9.64 Å². The molecule has 5 nitrogen and oxygen atoms in total. The summed E-state index contributed by atoms with van der Waals surface area (Å²) in [4.78, 5) is 13.9.